The van der Waals surface area contributed by atoms with Gasteiger partial charge in [-0.2, -0.15) is 0 Å². The Morgan fingerprint density at radius 2 is 2.00 bits per heavy atom. The van der Waals surface area contributed by atoms with Gasteiger partial charge in [0.1, 0.15) is 17.6 Å². The monoisotopic (exact) mass is 284 g/mol. The molecule has 0 bridgehead atoms. The summed E-state index contributed by atoms with van der Waals surface area (Å²) < 4.78 is 5.23. The highest BCUT2D eigenvalue weighted by molar-refractivity contribution is 5.82. The number of nitrogens with one attached hydrogen (secondary N) is 2. The molecule has 0 saturated carbocycles. The summed E-state index contributed by atoms with van der Waals surface area (Å²) in [6.07, 6.45) is -0.521. The first-order chi connectivity index (χ1) is 9.38. The summed E-state index contributed by atoms with van der Waals surface area (Å²) in [5.74, 6) is -1.16. The lowest BCUT2D eigenvalue weighted by molar-refractivity contribution is -0.140. The van der Waals surface area contributed by atoms with Crippen LogP contribution in [0, 0.1) is 6.92 Å². The van der Waals surface area contributed by atoms with E-state index in [2.05, 4.69) is 10.6 Å². The second kappa shape index (κ2) is 7.17. The van der Waals surface area contributed by atoms with Gasteiger partial charge in [0.25, 0.3) is 0 Å². The van der Waals surface area contributed by atoms with E-state index in [0.29, 0.717) is 11.5 Å². The topological polar surface area (TPSA) is 129 Å². The van der Waals surface area contributed by atoms with Crippen LogP contribution >= 0.6 is 0 Å². The molecule has 1 rings (SSSR count). The summed E-state index contributed by atoms with van der Waals surface area (Å²) in [4.78, 5) is 32.8. The number of aliphatic carboxylic acids is 2. The van der Waals surface area contributed by atoms with E-state index in [0.717, 1.165) is 0 Å². The van der Waals surface area contributed by atoms with Crippen LogP contribution in [0.5, 0.6) is 0 Å². The Hall–Kier alpha value is -2.51. The largest absolute Gasteiger partial charge is 0.481 e. The zero-order chi connectivity index (χ0) is 15.1. The molecule has 0 aliphatic rings. The van der Waals surface area contributed by atoms with Crippen LogP contribution in [0.2, 0.25) is 0 Å². The Morgan fingerprint density at radius 1 is 1.30 bits per heavy atom. The first-order valence-corrected chi connectivity index (χ1v) is 5.92. The first-order valence-electron chi connectivity index (χ1n) is 5.92. The highest BCUT2D eigenvalue weighted by Gasteiger charge is 2.20. The zero-order valence-electron chi connectivity index (χ0n) is 10.9. The molecule has 1 heterocycles. The van der Waals surface area contributed by atoms with Crippen molar-refractivity contribution in [1.29, 1.82) is 0 Å². The molecule has 0 fully saturated rings. The maximum absolute atomic E-state index is 11.5. The third kappa shape index (κ3) is 5.42. The maximum Gasteiger partial charge on any atom is 0.326 e. The Labute approximate surface area is 114 Å². The number of amides is 2. The third-order valence-electron chi connectivity index (χ3n) is 2.47. The summed E-state index contributed by atoms with van der Waals surface area (Å²) in [6, 6.07) is 1.48. The van der Waals surface area contributed by atoms with Gasteiger partial charge in [0, 0.05) is 6.42 Å². The van der Waals surface area contributed by atoms with Crippen LogP contribution in [-0.2, 0) is 16.1 Å². The van der Waals surface area contributed by atoms with Gasteiger partial charge in [0.15, 0.2) is 0 Å². The molecule has 0 radical (unpaired) electrons. The summed E-state index contributed by atoms with van der Waals surface area (Å²) in [6.45, 7) is 1.88. The Bertz CT molecular complexity index is 496. The van der Waals surface area contributed by atoms with Crippen molar-refractivity contribution in [3.8, 4) is 0 Å². The summed E-state index contributed by atoms with van der Waals surface area (Å²) >= 11 is 0. The Kier molecular flexibility index (Phi) is 5.57. The maximum atomic E-state index is 11.5. The number of carbonyl (C=O) groups excluding carboxylic acids is 1. The standard InChI is InChI=1S/C12H16N2O6/c1-7-2-3-8(20-7)6-13-12(19)14-9(11(17)18)4-5-10(15)16/h2-3,9H,4-6H2,1H3,(H,15,16)(H,17,18)(H2,13,14,19)/t9-/m0/s1. The molecule has 0 unspecified atom stereocenters. The van der Waals surface area contributed by atoms with Gasteiger partial charge < -0.3 is 25.3 Å². The minimum Gasteiger partial charge on any atom is -0.481 e. The van der Waals surface area contributed by atoms with Gasteiger partial charge >= 0.3 is 18.0 Å². The fourth-order valence-electron chi connectivity index (χ4n) is 1.48. The lowest BCUT2D eigenvalue weighted by Crippen LogP contribution is -2.45. The van der Waals surface area contributed by atoms with E-state index in [1.54, 1.807) is 19.1 Å². The number of furan rings is 1. The van der Waals surface area contributed by atoms with Crippen LogP contribution in [-0.4, -0.2) is 34.2 Å². The van der Waals surface area contributed by atoms with Crippen LogP contribution in [0.3, 0.4) is 0 Å². The molecule has 0 aliphatic carbocycles. The van der Waals surface area contributed by atoms with Gasteiger partial charge in [0.2, 0.25) is 0 Å². The smallest absolute Gasteiger partial charge is 0.326 e. The quantitative estimate of drug-likeness (QED) is 0.583. The van der Waals surface area contributed by atoms with Crippen molar-refractivity contribution < 1.29 is 29.0 Å². The van der Waals surface area contributed by atoms with Crippen LogP contribution in [0.4, 0.5) is 4.79 Å². The lowest BCUT2D eigenvalue weighted by atomic mass is 10.1. The van der Waals surface area contributed by atoms with Gasteiger partial charge in [-0.05, 0) is 25.5 Å². The number of carboxylic acids is 2. The lowest BCUT2D eigenvalue weighted by Gasteiger charge is -2.13. The number of aryl methyl sites for hydroxylation is 1. The second-order valence-electron chi connectivity index (χ2n) is 4.16. The van der Waals surface area contributed by atoms with Crippen LogP contribution in [0.15, 0.2) is 16.5 Å². The number of carbonyl (C=O) groups is 3. The number of urea groups is 1. The molecule has 0 aromatic carbocycles. The molecule has 4 N–H and O–H groups in total. The van der Waals surface area contributed by atoms with Crippen molar-refractivity contribution in [2.45, 2.75) is 32.4 Å². The average Bonchev–Trinajstić information content (AvgIpc) is 2.77. The predicted octanol–water partition coefficient (Wildman–Crippen LogP) is 0.705. The van der Waals surface area contributed by atoms with E-state index in [1.165, 1.54) is 0 Å². The molecular weight excluding hydrogens is 268 g/mol. The summed E-state index contributed by atoms with van der Waals surface area (Å²) in [5, 5.41) is 22.0. The summed E-state index contributed by atoms with van der Waals surface area (Å²) in [5.41, 5.74) is 0. The molecule has 20 heavy (non-hydrogen) atoms. The van der Waals surface area contributed by atoms with Crippen LogP contribution in [0.25, 0.3) is 0 Å². The Morgan fingerprint density at radius 3 is 2.50 bits per heavy atom. The Balaban J connectivity index is 2.41. The average molecular weight is 284 g/mol. The minimum absolute atomic E-state index is 0.116. The van der Waals surface area contributed by atoms with Gasteiger partial charge in [-0.1, -0.05) is 0 Å². The zero-order valence-corrected chi connectivity index (χ0v) is 10.9. The molecular formula is C12H16N2O6. The number of hydrogen-bond acceptors (Lipinski definition) is 4. The highest BCUT2D eigenvalue weighted by atomic mass is 16.4. The molecule has 0 saturated heterocycles. The number of hydrogen-bond donors (Lipinski definition) is 4. The molecule has 1 aromatic rings. The van der Waals surface area contributed by atoms with Crippen molar-refractivity contribution >= 4 is 18.0 Å². The second-order valence-corrected chi connectivity index (χ2v) is 4.16. The SMILES string of the molecule is Cc1ccc(CNC(=O)N[C@@H](CCC(=O)O)C(=O)O)o1. The molecule has 110 valence electrons. The van der Waals surface area contributed by atoms with Gasteiger partial charge in [-0.3, -0.25) is 4.79 Å². The fourth-order valence-corrected chi connectivity index (χ4v) is 1.48. The van der Waals surface area contributed by atoms with Crippen LogP contribution < -0.4 is 10.6 Å². The van der Waals surface area contributed by atoms with Crippen molar-refractivity contribution in [3.63, 3.8) is 0 Å². The van der Waals surface area contributed by atoms with E-state index in [9.17, 15) is 14.4 Å². The van der Waals surface area contributed by atoms with E-state index in [-0.39, 0.29) is 19.4 Å². The van der Waals surface area contributed by atoms with Gasteiger partial charge in [-0.25, -0.2) is 9.59 Å². The molecule has 2 amide bonds. The minimum atomic E-state index is -1.28. The normalized spacial score (nSPS) is 11.7. The van der Waals surface area contributed by atoms with Crippen LogP contribution in [0.1, 0.15) is 24.4 Å². The molecule has 8 nitrogen and oxygen atoms in total. The van der Waals surface area contributed by atoms with Gasteiger partial charge in [-0.15, -0.1) is 0 Å². The van der Waals surface area contributed by atoms with Crippen molar-refractivity contribution in [1.82, 2.24) is 10.6 Å². The summed E-state index contributed by atoms with van der Waals surface area (Å²) in [7, 11) is 0. The number of carboxylic acid groups (broad SMARTS) is 2. The van der Waals surface area contributed by atoms with Crippen molar-refractivity contribution in [3.05, 3.63) is 23.7 Å². The van der Waals surface area contributed by atoms with Crippen molar-refractivity contribution in [2.24, 2.45) is 0 Å². The number of rotatable bonds is 7. The predicted molar refractivity (Wildman–Crippen MR) is 67.1 cm³/mol. The van der Waals surface area contributed by atoms with E-state index >= 15 is 0 Å². The molecule has 0 aliphatic heterocycles. The highest BCUT2D eigenvalue weighted by Crippen LogP contribution is 2.05. The molecule has 8 heteroatoms. The van der Waals surface area contributed by atoms with Gasteiger partial charge in [0.05, 0.1) is 6.54 Å². The molecule has 1 atom stereocenters. The van der Waals surface area contributed by atoms with Crippen molar-refractivity contribution in [2.75, 3.05) is 0 Å². The van der Waals surface area contributed by atoms with E-state index in [1.807, 2.05) is 0 Å². The molecule has 0 spiro atoms. The fraction of sp³-hybridized carbons (Fsp3) is 0.417. The molecule has 1 aromatic heterocycles. The van der Waals surface area contributed by atoms with E-state index in [4.69, 9.17) is 14.6 Å². The van der Waals surface area contributed by atoms with E-state index < -0.39 is 24.0 Å². The third-order valence-corrected chi connectivity index (χ3v) is 2.47. The first kappa shape index (κ1) is 15.5.